The number of fused-ring (bicyclic) bond motifs is 1. The van der Waals surface area contributed by atoms with E-state index in [0.717, 1.165) is 35.5 Å². The van der Waals surface area contributed by atoms with Crippen LogP contribution in [-0.2, 0) is 0 Å². The van der Waals surface area contributed by atoms with Crippen molar-refractivity contribution in [2.75, 3.05) is 0 Å². The van der Waals surface area contributed by atoms with Gasteiger partial charge in [-0.2, -0.15) is 0 Å². The van der Waals surface area contributed by atoms with Gasteiger partial charge in [0.1, 0.15) is 0 Å². The molecule has 0 spiro atoms. The molecule has 0 radical (unpaired) electrons. The lowest BCUT2D eigenvalue weighted by Crippen LogP contribution is -2.34. The minimum atomic E-state index is 1.04. The molecule has 4 unspecified atom stereocenters. The molecule has 4 atom stereocenters. The Kier molecular flexibility index (Phi) is 7.29. The summed E-state index contributed by atoms with van der Waals surface area (Å²) in [5, 5.41) is 0. The minimum Gasteiger partial charge on any atom is -0.0917 e. The maximum Gasteiger partial charge on any atom is -0.0348 e. The van der Waals surface area contributed by atoms with Crippen molar-refractivity contribution >= 4 is 0 Å². The Bertz CT molecular complexity index is 373. The molecule has 0 amide bonds. The molecule has 0 heteroatoms. The molecule has 3 rings (SSSR count). The zero-order valence-corrected chi connectivity index (χ0v) is 16.5. The molecule has 0 heterocycles. The SMILES string of the molecule is CC=CCCC1CCC2CC(C3CCC(CCC)CC3)CCC2C1. The highest BCUT2D eigenvalue weighted by molar-refractivity contribution is 4.90. The van der Waals surface area contributed by atoms with Crippen LogP contribution in [0.2, 0.25) is 0 Å². The van der Waals surface area contributed by atoms with Crippen LogP contribution >= 0.6 is 0 Å². The zero-order chi connectivity index (χ0) is 16.8. The summed E-state index contributed by atoms with van der Waals surface area (Å²) in [7, 11) is 0. The normalized spacial score (nSPS) is 40.6. The molecule has 3 aliphatic carbocycles. The van der Waals surface area contributed by atoms with Crippen LogP contribution in [0.25, 0.3) is 0 Å². The fourth-order valence-corrected chi connectivity index (χ4v) is 6.57. The van der Waals surface area contributed by atoms with E-state index >= 15 is 0 Å². The van der Waals surface area contributed by atoms with Gasteiger partial charge in [0.25, 0.3) is 0 Å². The molecule has 138 valence electrons. The van der Waals surface area contributed by atoms with Crippen LogP contribution in [0.1, 0.15) is 104 Å². The van der Waals surface area contributed by atoms with Crippen molar-refractivity contribution < 1.29 is 0 Å². The summed E-state index contributed by atoms with van der Waals surface area (Å²) in [6, 6.07) is 0. The van der Waals surface area contributed by atoms with Crippen LogP contribution in [0.4, 0.5) is 0 Å². The van der Waals surface area contributed by atoms with Gasteiger partial charge in [-0.15, -0.1) is 0 Å². The maximum absolute atomic E-state index is 2.37. The molecule has 0 aliphatic heterocycles. The Morgan fingerprint density at radius 1 is 0.667 bits per heavy atom. The van der Waals surface area contributed by atoms with E-state index in [2.05, 4.69) is 26.0 Å². The molecule has 3 saturated carbocycles. The van der Waals surface area contributed by atoms with E-state index in [1.807, 2.05) is 0 Å². The molecule has 0 aromatic rings. The Balaban J connectivity index is 1.42. The Morgan fingerprint density at radius 2 is 1.25 bits per heavy atom. The molecular weight excluding hydrogens is 288 g/mol. The van der Waals surface area contributed by atoms with Crippen molar-refractivity contribution in [3.63, 3.8) is 0 Å². The number of allylic oxidation sites excluding steroid dienone is 2. The van der Waals surface area contributed by atoms with Crippen molar-refractivity contribution in [3.8, 4) is 0 Å². The monoisotopic (exact) mass is 330 g/mol. The highest BCUT2D eigenvalue weighted by Gasteiger charge is 2.38. The summed E-state index contributed by atoms with van der Waals surface area (Å²) in [6.45, 7) is 4.52. The first-order valence-corrected chi connectivity index (χ1v) is 11.4. The van der Waals surface area contributed by atoms with Gasteiger partial charge in [-0.3, -0.25) is 0 Å². The molecule has 0 saturated heterocycles. The maximum atomic E-state index is 2.37. The quantitative estimate of drug-likeness (QED) is 0.436. The van der Waals surface area contributed by atoms with E-state index in [4.69, 9.17) is 0 Å². The van der Waals surface area contributed by atoms with Gasteiger partial charge in [-0.1, -0.05) is 51.2 Å². The molecule has 0 bridgehead atoms. The predicted molar refractivity (Wildman–Crippen MR) is 106 cm³/mol. The molecular formula is C24H42. The first-order valence-electron chi connectivity index (χ1n) is 11.4. The number of rotatable bonds is 6. The van der Waals surface area contributed by atoms with Gasteiger partial charge < -0.3 is 0 Å². The van der Waals surface area contributed by atoms with Gasteiger partial charge in [0.05, 0.1) is 0 Å². The number of hydrogen-bond donors (Lipinski definition) is 0. The second-order valence-corrected chi connectivity index (χ2v) is 9.49. The highest BCUT2D eigenvalue weighted by Crippen LogP contribution is 2.49. The average molecular weight is 331 g/mol. The fourth-order valence-electron chi connectivity index (χ4n) is 6.57. The molecule has 3 fully saturated rings. The third-order valence-electron chi connectivity index (χ3n) is 7.99. The van der Waals surface area contributed by atoms with Gasteiger partial charge in [-0.25, -0.2) is 0 Å². The van der Waals surface area contributed by atoms with Crippen molar-refractivity contribution in [1.29, 1.82) is 0 Å². The van der Waals surface area contributed by atoms with Gasteiger partial charge in [0, 0.05) is 0 Å². The lowest BCUT2D eigenvalue weighted by Gasteiger charge is -2.45. The zero-order valence-electron chi connectivity index (χ0n) is 16.5. The molecule has 0 N–H and O–H groups in total. The van der Waals surface area contributed by atoms with Gasteiger partial charge in [-0.05, 0) is 100 Å². The predicted octanol–water partition coefficient (Wildman–Crippen LogP) is 7.78. The lowest BCUT2D eigenvalue weighted by atomic mass is 9.60. The van der Waals surface area contributed by atoms with Gasteiger partial charge >= 0.3 is 0 Å². The lowest BCUT2D eigenvalue weighted by molar-refractivity contribution is 0.0582. The summed E-state index contributed by atoms with van der Waals surface area (Å²) in [5.41, 5.74) is 0. The Hall–Kier alpha value is -0.260. The van der Waals surface area contributed by atoms with Crippen LogP contribution in [0, 0.1) is 35.5 Å². The minimum absolute atomic E-state index is 1.04. The Labute approximate surface area is 151 Å². The Morgan fingerprint density at radius 3 is 1.96 bits per heavy atom. The fraction of sp³-hybridized carbons (Fsp3) is 0.917. The van der Waals surface area contributed by atoms with E-state index in [1.165, 1.54) is 32.1 Å². The first kappa shape index (κ1) is 18.5. The van der Waals surface area contributed by atoms with E-state index in [-0.39, 0.29) is 0 Å². The van der Waals surface area contributed by atoms with E-state index < -0.39 is 0 Å². The van der Waals surface area contributed by atoms with Crippen LogP contribution < -0.4 is 0 Å². The number of hydrogen-bond acceptors (Lipinski definition) is 0. The molecule has 3 aliphatic rings. The second-order valence-electron chi connectivity index (χ2n) is 9.49. The standard InChI is InChI=1S/C24H42/c1-3-5-6-8-20-11-14-24-18-23(16-15-22(24)17-20)21-12-9-19(7-4-2)10-13-21/h3,5,19-24H,4,6-18H2,1-2H3. The van der Waals surface area contributed by atoms with E-state index in [0.29, 0.717) is 0 Å². The summed E-state index contributed by atoms with van der Waals surface area (Å²) >= 11 is 0. The average Bonchev–Trinajstić information content (AvgIpc) is 2.62. The van der Waals surface area contributed by atoms with Crippen molar-refractivity contribution in [2.45, 2.75) is 104 Å². The molecule has 0 aromatic carbocycles. The van der Waals surface area contributed by atoms with Gasteiger partial charge in [0.2, 0.25) is 0 Å². The van der Waals surface area contributed by atoms with Crippen LogP contribution in [-0.4, -0.2) is 0 Å². The first-order chi connectivity index (χ1) is 11.8. The van der Waals surface area contributed by atoms with Crippen molar-refractivity contribution in [3.05, 3.63) is 12.2 Å². The molecule has 0 nitrogen and oxygen atoms in total. The van der Waals surface area contributed by atoms with E-state index in [1.54, 1.807) is 57.8 Å². The van der Waals surface area contributed by atoms with Gasteiger partial charge in [0.15, 0.2) is 0 Å². The van der Waals surface area contributed by atoms with Crippen LogP contribution in [0.15, 0.2) is 12.2 Å². The summed E-state index contributed by atoms with van der Waals surface area (Å²) in [5.74, 6) is 6.54. The van der Waals surface area contributed by atoms with E-state index in [9.17, 15) is 0 Å². The summed E-state index contributed by atoms with van der Waals surface area (Å²) in [4.78, 5) is 0. The largest absolute Gasteiger partial charge is 0.0917 e. The summed E-state index contributed by atoms with van der Waals surface area (Å²) < 4.78 is 0. The van der Waals surface area contributed by atoms with Crippen LogP contribution in [0.5, 0.6) is 0 Å². The van der Waals surface area contributed by atoms with Crippen molar-refractivity contribution in [2.24, 2.45) is 35.5 Å². The summed E-state index contributed by atoms with van der Waals surface area (Å²) in [6.07, 6.45) is 25.9. The molecule has 0 aromatic heterocycles. The molecule has 24 heavy (non-hydrogen) atoms. The highest BCUT2D eigenvalue weighted by atomic mass is 14.4. The topological polar surface area (TPSA) is 0 Å². The smallest absolute Gasteiger partial charge is 0.0348 e. The van der Waals surface area contributed by atoms with Crippen LogP contribution in [0.3, 0.4) is 0 Å². The second kappa shape index (κ2) is 9.44. The third kappa shape index (κ3) is 4.89. The van der Waals surface area contributed by atoms with Crippen molar-refractivity contribution in [1.82, 2.24) is 0 Å². The third-order valence-corrected chi connectivity index (χ3v) is 7.99.